The number of carbonyl (C=O) groups excluding carboxylic acids is 1. The molecule has 23 heavy (non-hydrogen) atoms. The Labute approximate surface area is 138 Å². The van der Waals surface area contributed by atoms with Gasteiger partial charge < -0.3 is 5.32 Å². The molecule has 3 heteroatoms. The molecule has 1 fully saturated rings. The molecular formula is C20H24N2O. The number of benzene rings is 2. The van der Waals surface area contributed by atoms with Crippen LogP contribution < -0.4 is 5.32 Å². The maximum absolute atomic E-state index is 12.4. The Morgan fingerprint density at radius 1 is 1.17 bits per heavy atom. The zero-order valence-electron chi connectivity index (χ0n) is 13.7. The predicted octanol–water partition coefficient (Wildman–Crippen LogP) is 3.39. The molecule has 0 unspecified atom stereocenters. The van der Waals surface area contributed by atoms with Crippen molar-refractivity contribution in [1.29, 1.82) is 0 Å². The lowest BCUT2D eigenvalue weighted by atomic mass is 10.0. The van der Waals surface area contributed by atoms with Crippen LogP contribution in [0.15, 0.2) is 54.6 Å². The summed E-state index contributed by atoms with van der Waals surface area (Å²) >= 11 is 0. The van der Waals surface area contributed by atoms with Gasteiger partial charge in [-0.05, 0) is 44.0 Å². The molecule has 0 bridgehead atoms. The first-order valence-corrected chi connectivity index (χ1v) is 8.34. The van der Waals surface area contributed by atoms with Gasteiger partial charge in [-0.3, -0.25) is 9.69 Å². The smallest absolute Gasteiger partial charge is 0.251 e. The third-order valence-electron chi connectivity index (χ3n) is 4.37. The first-order valence-electron chi connectivity index (χ1n) is 8.34. The first kappa shape index (κ1) is 15.8. The van der Waals surface area contributed by atoms with Crippen molar-refractivity contribution in [3.05, 3.63) is 71.3 Å². The maximum Gasteiger partial charge on any atom is 0.251 e. The van der Waals surface area contributed by atoms with Crippen molar-refractivity contribution in [1.82, 2.24) is 10.2 Å². The fourth-order valence-electron chi connectivity index (χ4n) is 3.21. The van der Waals surface area contributed by atoms with Crippen molar-refractivity contribution in [3.8, 4) is 0 Å². The molecule has 1 amide bonds. The molecule has 120 valence electrons. The first-order chi connectivity index (χ1) is 11.2. The number of hydrogen-bond acceptors (Lipinski definition) is 2. The summed E-state index contributed by atoms with van der Waals surface area (Å²) < 4.78 is 0. The Kier molecular flexibility index (Phi) is 5.09. The Bertz CT molecular complexity index is 654. The zero-order chi connectivity index (χ0) is 16.1. The molecule has 2 aromatic rings. The summed E-state index contributed by atoms with van der Waals surface area (Å²) in [6, 6.07) is 18.5. The van der Waals surface area contributed by atoms with Crippen LogP contribution in [-0.4, -0.2) is 29.9 Å². The molecule has 0 aliphatic carbocycles. The van der Waals surface area contributed by atoms with Crippen molar-refractivity contribution in [2.75, 3.05) is 13.1 Å². The SMILES string of the molecule is Cc1cccc(C(=O)N[C@H]2CCCN(Cc3ccccc3)C2)c1. The summed E-state index contributed by atoms with van der Waals surface area (Å²) in [5.41, 5.74) is 3.20. The highest BCUT2D eigenvalue weighted by Crippen LogP contribution is 2.14. The fraction of sp³-hybridized carbons (Fsp3) is 0.350. The number of aryl methyl sites for hydroxylation is 1. The summed E-state index contributed by atoms with van der Waals surface area (Å²) in [5, 5.41) is 3.20. The van der Waals surface area contributed by atoms with Crippen molar-refractivity contribution in [2.24, 2.45) is 0 Å². The van der Waals surface area contributed by atoms with E-state index < -0.39 is 0 Å². The molecule has 1 atom stereocenters. The number of piperidine rings is 1. The topological polar surface area (TPSA) is 32.3 Å². The lowest BCUT2D eigenvalue weighted by Crippen LogP contribution is -2.47. The van der Waals surface area contributed by atoms with E-state index >= 15 is 0 Å². The van der Waals surface area contributed by atoms with Gasteiger partial charge in [-0.2, -0.15) is 0 Å². The third kappa shape index (κ3) is 4.42. The van der Waals surface area contributed by atoms with Gasteiger partial charge >= 0.3 is 0 Å². The molecule has 3 nitrogen and oxygen atoms in total. The van der Waals surface area contributed by atoms with E-state index in [0.717, 1.165) is 43.6 Å². The van der Waals surface area contributed by atoms with E-state index in [0.29, 0.717) is 0 Å². The largest absolute Gasteiger partial charge is 0.348 e. The molecule has 3 rings (SSSR count). The van der Waals surface area contributed by atoms with Gasteiger partial charge in [0.05, 0.1) is 0 Å². The Balaban J connectivity index is 1.57. The predicted molar refractivity (Wildman–Crippen MR) is 93.4 cm³/mol. The van der Waals surface area contributed by atoms with Gasteiger partial charge in [-0.25, -0.2) is 0 Å². The van der Waals surface area contributed by atoms with Crippen molar-refractivity contribution >= 4 is 5.91 Å². The van der Waals surface area contributed by atoms with Gasteiger partial charge in [0.15, 0.2) is 0 Å². The summed E-state index contributed by atoms with van der Waals surface area (Å²) in [4.78, 5) is 14.8. The Hall–Kier alpha value is -2.13. The third-order valence-corrected chi connectivity index (χ3v) is 4.37. The Morgan fingerprint density at radius 3 is 2.78 bits per heavy atom. The van der Waals surface area contributed by atoms with E-state index in [4.69, 9.17) is 0 Å². The van der Waals surface area contributed by atoms with Gasteiger partial charge in [0.2, 0.25) is 0 Å². The number of rotatable bonds is 4. The van der Waals surface area contributed by atoms with Crippen LogP contribution in [0.2, 0.25) is 0 Å². The van der Waals surface area contributed by atoms with E-state index in [-0.39, 0.29) is 11.9 Å². The van der Waals surface area contributed by atoms with Gasteiger partial charge in [-0.15, -0.1) is 0 Å². The maximum atomic E-state index is 12.4. The van der Waals surface area contributed by atoms with Crippen LogP contribution in [-0.2, 0) is 6.54 Å². The molecule has 0 saturated carbocycles. The highest BCUT2D eigenvalue weighted by Gasteiger charge is 2.21. The zero-order valence-corrected chi connectivity index (χ0v) is 13.7. The van der Waals surface area contributed by atoms with Gasteiger partial charge in [0.1, 0.15) is 0 Å². The van der Waals surface area contributed by atoms with Crippen molar-refractivity contribution in [3.63, 3.8) is 0 Å². The molecular weight excluding hydrogens is 284 g/mol. The number of carbonyl (C=O) groups is 1. The minimum absolute atomic E-state index is 0.0419. The average Bonchev–Trinajstić information content (AvgIpc) is 2.56. The molecule has 1 N–H and O–H groups in total. The van der Waals surface area contributed by atoms with Crippen molar-refractivity contribution in [2.45, 2.75) is 32.4 Å². The monoisotopic (exact) mass is 308 g/mol. The highest BCUT2D eigenvalue weighted by molar-refractivity contribution is 5.94. The lowest BCUT2D eigenvalue weighted by molar-refractivity contribution is 0.0900. The standard InChI is InChI=1S/C20H24N2O/c1-16-7-5-10-18(13-16)20(23)21-19-11-6-12-22(15-19)14-17-8-3-2-4-9-17/h2-5,7-10,13,19H,6,11-12,14-15H2,1H3,(H,21,23)/t19-/m0/s1. The number of nitrogens with one attached hydrogen (secondary N) is 1. The number of nitrogens with zero attached hydrogens (tertiary/aromatic N) is 1. The number of hydrogen-bond donors (Lipinski definition) is 1. The molecule has 1 saturated heterocycles. The van der Waals surface area contributed by atoms with Gasteiger partial charge in [-0.1, -0.05) is 48.0 Å². The van der Waals surface area contributed by atoms with Crippen LogP contribution in [0.4, 0.5) is 0 Å². The molecule has 0 spiro atoms. The van der Waals surface area contributed by atoms with Gasteiger partial charge in [0, 0.05) is 24.7 Å². The molecule has 1 aliphatic heterocycles. The summed E-state index contributed by atoms with van der Waals surface area (Å²) in [5.74, 6) is 0.0419. The van der Waals surface area contributed by atoms with Crippen LogP contribution in [0.1, 0.15) is 34.3 Å². The second-order valence-corrected chi connectivity index (χ2v) is 6.40. The van der Waals surface area contributed by atoms with E-state index in [2.05, 4.69) is 34.5 Å². The normalized spacial score (nSPS) is 18.6. The summed E-state index contributed by atoms with van der Waals surface area (Å²) in [6.45, 7) is 4.99. The lowest BCUT2D eigenvalue weighted by Gasteiger charge is -2.33. The van der Waals surface area contributed by atoms with Crippen LogP contribution in [0.3, 0.4) is 0 Å². The fourth-order valence-corrected chi connectivity index (χ4v) is 3.21. The Morgan fingerprint density at radius 2 is 2.00 bits per heavy atom. The second-order valence-electron chi connectivity index (χ2n) is 6.40. The summed E-state index contributed by atoms with van der Waals surface area (Å²) in [6.07, 6.45) is 2.19. The van der Waals surface area contributed by atoms with Crippen LogP contribution in [0.25, 0.3) is 0 Å². The number of likely N-dealkylation sites (tertiary alicyclic amines) is 1. The molecule has 1 heterocycles. The van der Waals surface area contributed by atoms with E-state index in [1.54, 1.807) is 0 Å². The van der Waals surface area contributed by atoms with Crippen LogP contribution >= 0.6 is 0 Å². The van der Waals surface area contributed by atoms with E-state index in [1.807, 2.05) is 37.3 Å². The molecule has 0 radical (unpaired) electrons. The van der Waals surface area contributed by atoms with Crippen molar-refractivity contribution < 1.29 is 4.79 Å². The highest BCUT2D eigenvalue weighted by atomic mass is 16.1. The molecule has 1 aliphatic rings. The molecule has 0 aromatic heterocycles. The number of amides is 1. The van der Waals surface area contributed by atoms with E-state index in [9.17, 15) is 4.79 Å². The van der Waals surface area contributed by atoms with E-state index in [1.165, 1.54) is 5.56 Å². The van der Waals surface area contributed by atoms with Crippen LogP contribution in [0.5, 0.6) is 0 Å². The average molecular weight is 308 g/mol. The quantitative estimate of drug-likeness (QED) is 0.939. The van der Waals surface area contributed by atoms with Crippen LogP contribution in [0, 0.1) is 6.92 Å². The second kappa shape index (κ2) is 7.42. The minimum atomic E-state index is 0.0419. The molecule has 2 aromatic carbocycles. The summed E-state index contributed by atoms with van der Waals surface area (Å²) in [7, 11) is 0. The van der Waals surface area contributed by atoms with Gasteiger partial charge in [0.25, 0.3) is 5.91 Å². The minimum Gasteiger partial charge on any atom is -0.348 e.